The van der Waals surface area contributed by atoms with E-state index in [4.69, 9.17) is 5.73 Å². The Morgan fingerprint density at radius 1 is 1.32 bits per heavy atom. The van der Waals surface area contributed by atoms with Gasteiger partial charge in [0.25, 0.3) is 0 Å². The van der Waals surface area contributed by atoms with Gasteiger partial charge in [0.05, 0.1) is 11.5 Å². The van der Waals surface area contributed by atoms with Crippen LogP contribution >= 0.6 is 15.9 Å². The Bertz CT molecular complexity index is 463. The Balaban J connectivity index is 2.83. The number of carbonyl (C=O) groups is 1. The first-order chi connectivity index (χ1) is 8.55. The monoisotopic (exact) mass is 326 g/mol. The molecule has 3 N–H and O–H groups in total. The van der Waals surface area contributed by atoms with Crippen LogP contribution in [0, 0.1) is 5.41 Å². The molecule has 106 valence electrons. The van der Waals surface area contributed by atoms with Gasteiger partial charge < -0.3 is 11.1 Å². The van der Waals surface area contributed by atoms with Crippen LogP contribution in [0.15, 0.2) is 28.7 Å². The fourth-order valence-electron chi connectivity index (χ4n) is 1.53. The van der Waals surface area contributed by atoms with Gasteiger partial charge in [-0.05, 0) is 52.3 Å². The maximum absolute atomic E-state index is 12.4. The molecule has 0 heterocycles. The van der Waals surface area contributed by atoms with Crippen molar-refractivity contribution in [3.8, 4) is 0 Å². The maximum atomic E-state index is 12.4. The summed E-state index contributed by atoms with van der Waals surface area (Å²) in [5.41, 5.74) is 5.94. The average molecular weight is 327 g/mol. The third-order valence-corrected chi connectivity index (χ3v) is 4.37. The van der Waals surface area contributed by atoms with Gasteiger partial charge in [0, 0.05) is 10.0 Å². The SMILES string of the molecule is CC(NC(=O)C(C)(C)C(C)(C)N)c1cccc(Br)c1. The molecule has 0 saturated heterocycles. The van der Waals surface area contributed by atoms with Crippen molar-refractivity contribution in [2.24, 2.45) is 11.1 Å². The molecule has 0 aliphatic heterocycles. The fourth-order valence-corrected chi connectivity index (χ4v) is 1.95. The van der Waals surface area contributed by atoms with E-state index in [1.807, 2.05) is 58.9 Å². The van der Waals surface area contributed by atoms with Crippen molar-refractivity contribution < 1.29 is 4.79 Å². The summed E-state index contributed by atoms with van der Waals surface area (Å²) in [7, 11) is 0. The van der Waals surface area contributed by atoms with Crippen LogP contribution in [0.4, 0.5) is 0 Å². The summed E-state index contributed by atoms with van der Waals surface area (Å²) >= 11 is 3.44. The minimum atomic E-state index is -0.632. The van der Waals surface area contributed by atoms with Crippen LogP contribution in [0.25, 0.3) is 0 Å². The lowest BCUT2D eigenvalue weighted by molar-refractivity contribution is -0.132. The fraction of sp³-hybridized carbons (Fsp3) is 0.533. The number of hydrogen-bond donors (Lipinski definition) is 2. The lowest BCUT2D eigenvalue weighted by atomic mass is 9.74. The number of hydrogen-bond acceptors (Lipinski definition) is 2. The summed E-state index contributed by atoms with van der Waals surface area (Å²) < 4.78 is 1.00. The summed E-state index contributed by atoms with van der Waals surface area (Å²) in [6.07, 6.45) is 0. The molecule has 1 atom stereocenters. The quantitative estimate of drug-likeness (QED) is 0.891. The Morgan fingerprint density at radius 3 is 2.37 bits per heavy atom. The molecular formula is C15H23BrN2O. The zero-order valence-electron chi connectivity index (χ0n) is 12.3. The van der Waals surface area contributed by atoms with E-state index in [0.717, 1.165) is 10.0 Å². The maximum Gasteiger partial charge on any atom is 0.227 e. The van der Waals surface area contributed by atoms with Gasteiger partial charge in [-0.2, -0.15) is 0 Å². The van der Waals surface area contributed by atoms with Crippen molar-refractivity contribution in [3.63, 3.8) is 0 Å². The largest absolute Gasteiger partial charge is 0.349 e. The molecule has 0 bridgehead atoms. The van der Waals surface area contributed by atoms with Gasteiger partial charge in [-0.25, -0.2) is 0 Å². The van der Waals surface area contributed by atoms with Crippen molar-refractivity contribution >= 4 is 21.8 Å². The number of halogens is 1. The average Bonchev–Trinajstić information content (AvgIpc) is 2.27. The van der Waals surface area contributed by atoms with E-state index >= 15 is 0 Å². The van der Waals surface area contributed by atoms with E-state index in [1.54, 1.807) is 0 Å². The Labute approximate surface area is 124 Å². The smallest absolute Gasteiger partial charge is 0.227 e. The highest BCUT2D eigenvalue weighted by molar-refractivity contribution is 9.10. The number of benzene rings is 1. The third kappa shape index (κ3) is 3.80. The highest BCUT2D eigenvalue weighted by Gasteiger charge is 2.40. The highest BCUT2D eigenvalue weighted by Crippen LogP contribution is 2.29. The van der Waals surface area contributed by atoms with Crippen LogP contribution in [0.5, 0.6) is 0 Å². The van der Waals surface area contributed by atoms with Crippen molar-refractivity contribution in [2.75, 3.05) is 0 Å². The molecule has 1 unspecified atom stereocenters. The van der Waals surface area contributed by atoms with Crippen LogP contribution in [0.3, 0.4) is 0 Å². The zero-order valence-corrected chi connectivity index (χ0v) is 13.8. The van der Waals surface area contributed by atoms with Crippen molar-refractivity contribution in [3.05, 3.63) is 34.3 Å². The Hall–Kier alpha value is -0.870. The summed E-state index contributed by atoms with van der Waals surface area (Å²) in [5, 5.41) is 3.03. The zero-order chi connectivity index (χ0) is 14.8. The normalized spacial score (nSPS) is 14.1. The molecule has 0 aliphatic rings. The number of carbonyl (C=O) groups excluding carboxylic acids is 1. The molecule has 1 aromatic carbocycles. The van der Waals surface area contributed by atoms with Crippen LogP contribution < -0.4 is 11.1 Å². The minimum Gasteiger partial charge on any atom is -0.349 e. The van der Waals surface area contributed by atoms with Crippen molar-refractivity contribution in [1.29, 1.82) is 0 Å². The number of nitrogens with one attached hydrogen (secondary N) is 1. The van der Waals surface area contributed by atoms with E-state index in [9.17, 15) is 4.79 Å². The number of nitrogens with two attached hydrogens (primary N) is 1. The molecule has 3 nitrogen and oxygen atoms in total. The van der Waals surface area contributed by atoms with E-state index in [1.165, 1.54) is 0 Å². The highest BCUT2D eigenvalue weighted by atomic mass is 79.9. The summed E-state index contributed by atoms with van der Waals surface area (Å²) in [6, 6.07) is 7.87. The van der Waals surface area contributed by atoms with Gasteiger partial charge in [-0.3, -0.25) is 4.79 Å². The van der Waals surface area contributed by atoms with Crippen molar-refractivity contribution in [2.45, 2.75) is 46.2 Å². The lowest BCUT2D eigenvalue weighted by Gasteiger charge is -2.37. The van der Waals surface area contributed by atoms with Gasteiger partial charge >= 0.3 is 0 Å². The molecule has 0 saturated carbocycles. The topological polar surface area (TPSA) is 55.1 Å². The van der Waals surface area contributed by atoms with Gasteiger partial charge in [-0.1, -0.05) is 28.1 Å². The van der Waals surface area contributed by atoms with Crippen LogP contribution in [-0.4, -0.2) is 11.4 Å². The molecule has 0 spiro atoms. The molecule has 1 rings (SSSR count). The van der Waals surface area contributed by atoms with Crippen LogP contribution in [-0.2, 0) is 4.79 Å². The molecule has 1 amide bonds. The lowest BCUT2D eigenvalue weighted by Crippen LogP contribution is -2.55. The Morgan fingerprint density at radius 2 is 1.89 bits per heavy atom. The van der Waals surface area contributed by atoms with Gasteiger partial charge in [0.2, 0.25) is 5.91 Å². The van der Waals surface area contributed by atoms with Crippen LogP contribution in [0.1, 0.15) is 46.2 Å². The first-order valence-electron chi connectivity index (χ1n) is 6.41. The predicted octanol–water partition coefficient (Wildman–Crippen LogP) is 3.39. The first-order valence-corrected chi connectivity index (χ1v) is 7.20. The molecule has 0 aromatic heterocycles. The summed E-state index contributed by atoms with van der Waals surface area (Å²) in [4.78, 5) is 12.4. The molecule has 0 fully saturated rings. The minimum absolute atomic E-state index is 0.0347. The molecule has 0 radical (unpaired) electrons. The second-order valence-corrected chi connectivity index (χ2v) is 7.01. The number of rotatable bonds is 4. The van der Waals surface area contributed by atoms with E-state index < -0.39 is 11.0 Å². The standard InChI is InChI=1S/C15H23BrN2O/c1-10(11-7-6-8-12(16)9-11)18-13(19)14(2,3)15(4,5)17/h6-10H,17H2,1-5H3,(H,18,19). The van der Waals surface area contributed by atoms with Crippen LogP contribution in [0.2, 0.25) is 0 Å². The second-order valence-electron chi connectivity index (χ2n) is 6.10. The summed E-state index contributed by atoms with van der Waals surface area (Å²) in [6.45, 7) is 9.46. The predicted molar refractivity (Wildman–Crippen MR) is 82.7 cm³/mol. The van der Waals surface area contributed by atoms with E-state index in [2.05, 4.69) is 21.2 Å². The molecule has 1 aromatic rings. The van der Waals surface area contributed by atoms with E-state index in [0.29, 0.717) is 0 Å². The second kappa shape index (κ2) is 5.63. The number of amides is 1. The third-order valence-electron chi connectivity index (χ3n) is 3.87. The van der Waals surface area contributed by atoms with Gasteiger partial charge in [0.15, 0.2) is 0 Å². The first kappa shape index (κ1) is 16.2. The molecule has 4 heteroatoms. The molecular weight excluding hydrogens is 304 g/mol. The van der Waals surface area contributed by atoms with Crippen molar-refractivity contribution in [1.82, 2.24) is 5.32 Å². The molecule has 19 heavy (non-hydrogen) atoms. The van der Waals surface area contributed by atoms with Gasteiger partial charge in [-0.15, -0.1) is 0 Å². The molecule has 0 aliphatic carbocycles. The van der Waals surface area contributed by atoms with E-state index in [-0.39, 0.29) is 11.9 Å². The summed E-state index contributed by atoms with van der Waals surface area (Å²) in [5.74, 6) is -0.0347. The van der Waals surface area contributed by atoms with Gasteiger partial charge in [0.1, 0.15) is 0 Å². The Kier molecular flexibility index (Phi) is 4.80.